The van der Waals surface area contributed by atoms with Crippen molar-refractivity contribution in [3.8, 4) is 22.8 Å². The number of hydrogen-bond acceptors (Lipinski definition) is 8. The Balaban J connectivity index is 1.37. The van der Waals surface area contributed by atoms with Gasteiger partial charge in [-0.3, -0.25) is 4.40 Å². The van der Waals surface area contributed by atoms with Crippen molar-refractivity contribution in [2.45, 2.75) is 6.42 Å². The van der Waals surface area contributed by atoms with E-state index in [-0.39, 0.29) is 6.54 Å². The Hall–Kier alpha value is -3.60. The molecule has 1 saturated heterocycles. The van der Waals surface area contributed by atoms with Gasteiger partial charge in [0.25, 0.3) is 0 Å². The van der Waals surface area contributed by atoms with E-state index in [0.717, 1.165) is 41.3 Å². The quantitative estimate of drug-likeness (QED) is 0.388. The van der Waals surface area contributed by atoms with Crippen LogP contribution < -0.4 is 19.8 Å². The summed E-state index contributed by atoms with van der Waals surface area (Å²) in [6.45, 7) is 3.18. The molecule has 4 heterocycles. The second-order valence-electron chi connectivity index (χ2n) is 8.54. The van der Waals surface area contributed by atoms with E-state index in [1.165, 1.54) is 0 Å². The number of aromatic nitrogens is 3. The summed E-state index contributed by atoms with van der Waals surface area (Å²) in [7, 11) is 1.66. The lowest BCUT2D eigenvalue weighted by atomic mass is 10.0. The number of imidazole rings is 1. The lowest BCUT2D eigenvalue weighted by Gasteiger charge is -2.30. The minimum absolute atomic E-state index is 0.160. The first-order valence-corrected chi connectivity index (χ1v) is 12.0. The topological polar surface area (TPSA) is 76.4 Å². The molecule has 9 nitrogen and oxygen atoms in total. The molecule has 0 spiro atoms. The van der Waals surface area contributed by atoms with Crippen LogP contribution in [0.4, 0.5) is 21.7 Å². The van der Waals surface area contributed by atoms with Gasteiger partial charge in [-0.15, -0.1) is 0 Å². The molecule has 36 heavy (non-hydrogen) atoms. The highest BCUT2D eigenvalue weighted by Gasteiger charge is 2.21. The fourth-order valence-electron chi connectivity index (χ4n) is 4.56. The molecule has 11 heteroatoms. The fourth-order valence-corrected chi connectivity index (χ4v) is 4.84. The molecule has 1 N–H and O–H groups in total. The predicted molar refractivity (Wildman–Crippen MR) is 135 cm³/mol. The van der Waals surface area contributed by atoms with Gasteiger partial charge < -0.3 is 24.5 Å². The van der Waals surface area contributed by atoms with Gasteiger partial charge in [0.1, 0.15) is 16.6 Å². The second-order valence-corrected chi connectivity index (χ2v) is 8.89. The van der Waals surface area contributed by atoms with E-state index in [1.807, 2.05) is 30.3 Å². The zero-order valence-corrected chi connectivity index (χ0v) is 20.3. The first kappa shape index (κ1) is 22.8. The van der Waals surface area contributed by atoms with Crippen LogP contribution in [0.5, 0.6) is 11.5 Å². The summed E-state index contributed by atoms with van der Waals surface area (Å²) in [6.07, 6.45) is 3.99. The van der Waals surface area contributed by atoms with Crippen LogP contribution in [0.1, 0.15) is 5.56 Å². The molecule has 4 aromatic rings. The zero-order valence-electron chi connectivity index (χ0n) is 19.6. The normalized spacial score (nSPS) is 16.0. The van der Waals surface area contributed by atoms with Crippen molar-refractivity contribution in [1.29, 1.82) is 0 Å². The average Bonchev–Trinajstić information content (AvgIpc) is 3.41. The molecule has 0 saturated carbocycles. The average molecular weight is 511 g/mol. The number of halogens is 2. The van der Waals surface area contributed by atoms with Gasteiger partial charge in [-0.1, -0.05) is 16.1 Å². The maximum absolute atomic E-state index is 13.5. The minimum Gasteiger partial charge on any atom is -0.495 e. The molecule has 1 fully saturated rings. The highest BCUT2D eigenvalue weighted by Crippen LogP contribution is 2.37. The van der Waals surface area contributed by atoms with Gasteiger partial charge in [-0.05, 0) is 42.3 Å². The van der Waals surface area contributed by atoms with E-state index in [0.29, 0.717) is 53.0 Å². The van der Waals surface area contributed by atoms with Gasteiger partial charge in [0.2, 0.25) is 0 Å². The summed E-state index contributed by atoms with van der Waals surface area (Å²) < 4.78 is 26.4. The molecule has 0 aliphatic carbocycles. The SMILES string of the molecule is COc1cc(Nc2nc(-c3ccc4c(c3)CCN(F)O4)c(Cl)n3ccnc23)ccc1N1CCOCC1. The molecule has 0 radical (unpaired) electrons. The number of ether oxygens (including phenoxy) is 2. The molecule has 2 aromatic carbocycles. The molecule has 186 valence electrons. The number of hydroxylamine groups is 1. The number of nitrogens with zero attached hydrogens (tertiary/aromatic N) is 5. The summed E-state index contributed by atoms with van der Waals surface area (Å²) in [6, 6.07) is 11.4. The Labute approximate surface area is 211 Å². The number of benzene rings is 2. The monoisotopic (exact) mass is 510 g/mol. The van der Waals surface area contributed by atoms with E-state index in [9.17, 15) is 4.48 Å². The van der Waals surface area contributed by atoms with Crippen LogP contribution in [0.25, 0.3) is 16.9 Å². The summed E-state index contributed by atoms with van der Waals surface area (Å²) >= 11 is 6.75. The van der Waals surface area contributed by atoms with E-state index in [2.05, 4.69) is 15.2 Å². The van der Waals surface area contributed by atoms with Crippen LogP contribution in [-0.2, 0) is 11.2 Å². The Kier molecular flexibility index (Phi) is 6.00. The Morgan fingerprint density at radius 2 is 1.97 bits per heavy atom. The van der Waals surface area contributed by atoms with Crippen molar-refractivity contribution < 1.29 is 18.8 Å². The molecule has 2 aliphatic heterocycles. The number of anilines is 3. The van der Waals surface area contributed by atoms with Crippen LogP contribution in [0.2, 0.25) is 5.15 Å². The maximum Gasteiger partial charge on any atom is 0.181 e. The van der Waals surface area contributed by atoms with Crippen LogP contribution in [-0.4, -0.2) is 59.6 Å². The molecule has 0 atom stereocenters. The second kappa shape index (κ2) is 9.45. The van der Waals surface area contributed by atoms with Gasteiger partial charge in [0.05, 0.1) is 32.6 Å². The van der Waals surface area contributed by atoms with Gasteiger partial charge in [-0.25, -0.2) is 9.97 Å². The Morgan fingerprint density at radius 1 is 1.11 bits per heavy atom. The largest absolute Gasteiger partial charge is 0.495 e. The van der Waals surface area contributed by atoms with Crippen molar-refractivity contribution >= 4 is 34.4 Å². The molecule has 6 rings (SSSR count). The molecule has 0 unspecified atom stereocenters. The first-order valence-electron chi connectivity index (χ1n) is 11.7. The maximum atomic E-state index is 13.5. The number of methoxy groups -OCH3 is 1. The Morgan fingerprint density at radius 3 is 2.81 bits per heavy atom. The van der Waals surface area contributed by atoms with Crippen molar-refractivity contribution in [2.24, 2.45) is 0 Å². The van der Waals surface area contributed by atoms with Crippen molar-refractivity contribution in [3.63, 3.8) is 0 Å². The third-order valence-electron chi connectivity index (χ3n) is 6.37. The smallest absolute Gasteiger partial charge is 0.181 e. The molecular weight excluding hydrogens is 487 g/mol. The summed E-state index contributed by atoms with van der Waals surface area (Å²) in [5, 5.41) is 4.15. The van der Waals surface area contributed by atoms with E-state index in [1.54, 1.807) is 30.0 Å². The van der Waals surface area contributed by atoms with E-state index < -0.39 is 0 Å². The summed E-state index contributed by atoms with van der Waals surface area (Å²) in [5.41, 5.74) is 4.68. The van der Waals surface area contributed by atoms with Crippen molar-refractivity contribution in [2.75, 3.05) is 50.2 Å². The zero-order chi connectivity index (χ0) is 24.6. The molecule has 0 amide bonds. The third-order valence-corrected chi connectivity index (χ3v) is 6.73. The number of morpholine rings is 1. The van der Waals surface area contributed by atoms with E-state index >= 15 is 0 Å². The van der Waals surface area contributed by atoms with Crippen LogP contribution in [0.3, 0.4) is 0 Å². The summed E-state index contributed by atoms with van der Waals surface area (Å²) in [4.78, 5) is 16.7. The number of hydrogen-bond donors (Lipinski definition) is 1. The van der Waals surface area contributed by atoms with Crippen LogP contribution >= 0.6 is 11.6 Å². The van der Waals surface area contributed by atoms with Gasteiger partial charge in [0, 0.05) is 48.1 Å². The molecule has 2 aliphatic rings. The highest BCUT2D eigenvalue weighted by molar-refractivity contribution is 6.32. The molecule has 2 aromatic heterocycles. The van der Waals surface area contributed by atoms with E-state index in [4.69, 9.17) is 30.9 Å². The van der Waals surface area contributed by atoms with Crippen LogP contribution in [0, 0.1) is 0 Å². The van der Waals surface area contributed by atoms with Crippen molar-refractivity contribution in [1.82, 2.24) is 19.7 Å². The van der Waals surface area contributed by atoms with Gasteiger partial charge >= 0.3 is 0 Å². The lowest BCUT2D eigenvalue weighted by molar-refractivity contribution is -0.215. The van der Waals surface area contributed by atoms with Gasteiger partial charge in [-0.2, -0.15) is 0 Å². The highest BCUT2D eigenvalue weighted by atomic mass is 35.5. The van der Waals surface area contributed by atoms with Gasteiger partial charge in [0.15, 0.2) is 17.2 Å². The molecular formula is C25H24ClFN6O3. The molecule has 0 bridgehead atoms. The number of fused-ring (bicyclic) bond motifs is 2. The minimum atomic E-state index is 0.160. The summed E-state index contributed by atoms with van der Waals surface area (Å²) in [5.74, 6) is 1.79. The van der Waals surface area contributed by atoms with Crippen LogP contribution in [0.15, 0.2) is 48.8 Å². The number of rotatable bonds is 5. The van der Waals surface area contributed by atoms with Crippen molar-refractivity contribution in [3.05, 3.63) is 59.5 Å². The predicted octanol–water partition coefficient (Wildman–Crippen LogP) is 4.67. The third kappa shape index (κ3) is 4.17. The first-order chi connectivity index (χ1) is 17.6. The Bertz CT molecular complexity index is 1420. The lowest BCUT2D eigenvalue weighted by Crippen LogP contribution is -2.36. The number of nitrogens with one attached hydrogen (secondary N) is 1. The fraction of sp³-hybridized carbons (Fsp3) is 0.280. The standard InChI is InChI=1S/C25H24ClFN6O3/c1-34-21-15-18(3-4-19(21)31-10-12-35-13-11-31)29-24-25-28-7-9-32(25)23(26)22(30-24)17-2-5-20-16(14-17)6-8-33(27)36-20/h2-5,7,9,14-15H,6,8,10-13H2,1H3,(H,29,30).